The van der Waals surface area contributed by atoms with E-state index >= 15 is 0 Å². The molecule has 0 spiro atoms. The van der Waals surface area contributed by atoms with Gasteiger partial charge in [0.1, 0.15) is 0 Å². The van der Waals surface area contributed by atoms with Crippen LogP contribution in [-0.2, 0) is 0 Å². The molecule has 0 aliphatic rings. The summed E-state index contributed by atoms with van der Waals surface area (Å²) in [6.45, 7) is 4.30. The van der Waals surface area contributed by atoms with E-state index in [1.165, 1.54) is 208 Å². The standard InChI is InChI=1S/C66H43N.C60H43N/c1-3-18-47(19-4-1)62-43-61(49-32-30-48(31-33-49)57-29-15-25-46-20-11-12-26-56(46)57)64(50-21-5-2-6-22-50)66-60-39-38-55(42-63(60)58-27-13-14-28-59(58)65(62)66)67(53-36-34-44-16-7-9-23-51(44)40-53)54-37-35-45-17-8-10-24-52(45)41-54;1-40-24-32-47(33-25-40)61(48-34-26-41(2)27-35-48)49-36-37-54-57(38-49)52-21-11-12-22-53(52)59-56(43-14-5-3-6-15-43)39-55(58(60(54)59)46-17-7-4-8-18-46)45-30-28-44(29-31-45)51-23-13-19-42-16-9-10-20-50(42)51/h1-43H;3-39H,1-2H3. The van der Waals surface area contributed by atoms with Crippen LogP contribution >= 0.6 is 0 Å². The Kier molecular flexibility index (Phi) is 19.5. The highest BCUT2D eigenvalue weighted by molar-refractivity contribution is 6.35. The van der Waals surface area contributed by atoms with Crippen molar-refractivity contribution in [2.75, 3.05) is 9.80 Å². The number of fused-ring (bicyclic) bond motifs is 16. The molecule has 128 heavy (non-hydrogen) atoms. The van der Waals surface area contributed by atoms with Crippen molar-refractivity contribution in [3.05, 3.63) is 496 Å². The Balaban J connectivity index is 0.000000147. The van der Waals surface area contributed by atoms with Gasteiger partial charge in [0.15, 0.2) is 0 Å². The van der Waals surface area contributed by atoms with Crippen LogP contribution < -0.4 is 9.80 Å². The summed E-state index contributed by atoms with van der Waals surface area (Å²) in [6.07, 6.45) is 0. The van der Waals surface area contributed by atoms with Gasteiger partial charge in [0.2, 0.25) is 0 Å². The molecule has 24 aromatic carbocycles. The van der Waals surface area contributed by atoms with E-state index in [0.717, 1.165) is 34.1 Å². The van der Waals surface area contributed by atoms with Gasteiger partial charge in [-0.2, -0.15) is 0 Å². The zero-order valence-electron chi connectivity index (χ0n) is 71.1. The lowest BCUT2D eigenvalue weighted by molar-refractivity contribution is 1.27. The summed E-state index contributed by atoms with van der Waals surface area (Å²) in [4.78, 5) is 4.82. The van der Waals surface area contributed by atoms with E-state index < -0.39 is 0 Å². The van der Waals surface area contributed by atoms with Crippen LogP contribution in [0.4, 0.5) is 34.1 Å². The molecule has 0 N–H and O–H groups in total. The third kappa shape index (κ3) is 13.8. The van der Waals surface area contributed by atoms with Gasteiger partial charge in [-0.3, -0.25) is 0 Å². The number of hydrogen-bond donors (Lipinski definition) is 0. The van der Waals surface area contributed by atoms with Crippen LogP contribution in [0.3, 0.4) is 0 Å². The van der Waals surface area contributed by atoms with Gasteiger partial charge < -0.3 is 9.80 Å². The van der Waals surface area contributed by atoms with Crippen LogP contribution in [0.1, 0.15) is 11.1 Å². The van der Waals surface area contributed by atoms with Gasteiger partial charge in [0.25, 0.3) is 0 Å². The molecule has 0 aliphatic heterocycles. The summed E-state index contributed by atoms with van der Waals surface area (Å²) in [5.41, 5.74) is 28.6. The zero-order valence-corrected chi connectivity index (χ0v) is 71.1. The molecule has 0 aliphatic carbocycles. The first-order valence-electron chi connectivity index (χ1n) is 44.3. The van der Waals surface area contributed by atoms with Crippen LogP contribution in [-0.4, -0.2) is 0 Å². The average Bonchev–Trinajstić information content (AvgIpc) is 0.710. The highest BCUT2D eigenvalue weighted by Gasteiger charge is 2.27. The molecule has 0 amide bonds. The fourth-order valence-corrected chi connectivity index (χ4v) is 20.0. The number of anilines is 6. The Hall–Kier alpha value is -16.5. The molecule has 0 fully saturated rings. The van der Waals surface area contributed by atoms with Crippen LogP contribution in [0.15, 0.2) is 485 Å². The Morgan fingerprint density at radius 3 is 0.781 bits per heavy atom. The van der Waals surface area contributed by atoms with E-state index in [9.17, 15) is 0 Å². The molecule has 600 valence electrons. The maximum atomic E-state index is 2.46. The fraction of sp³-hybridized carbons (Fsp3) is 0.0159. The predicted molar refractivity (Wildman–Crippen MR) is 550 cm³/mol. The molecule has 24 aromatic rings. The Morgan fingerprint density at radius 2 is 0.398 bits per heavy atom. The highest BCUT2D eigenvalue weighted by atomic mass is 15.1. The number of rotatable bonds is 14. The minimum absolute atomic E-state index is 1.10. The largest absolute Gasteiger partial charge is 0.310 e. The van der Waals surface area contributed by atoms with Gasteiger partial charge >= 0.3 is 0 Å². The molecule has 0 aromatic heterocycles. The summed E-state index contributed by atoms with van der Waals surface area (Å²) in [5, 5.41) is 24.8. The van der Waals surface area contributed by atoms with Crippen molar-refractivity contribution in [3.8, 4) is 89.0 Å². The Bertz CT molecular complexity index is 8260. The minimum atomic E-state index is 1.10. The highest BCUT2D eigenvalue weighted by Crippen LogP contribution is 2.54. The summed E-state index contributed by atoms with van der Waals surface area (Å²) < 4.78 is 0. The van der Waals surface area contributed by atoms with Crippen molar-refractivity contribution in [2.24, 2.45) is 0 Å². The monoisotopic (exact) mass is 1630 g/mol. The third-order valence-corrected chi connectivity index (χ3v) is 26.1. The Labute approximate surface area is 745 Å². The topological polar surface area (TPSA) is 6.48 Å². The molecule has 0 unspecified atom stereocenters. The lowest BCUT2D eigenvalue weighted by Crippen LogP contribution is -2.10. The molecule has 0 saturated carbocycles. The summed E-state index contributed by atoms with van der Waals surface area (Å²) in [5.74, 6) is 0. The molecular weight excluding hydrogens is 1540 g/mol. The summed E-state index contributed by atoms with van der Waals surface area (Å²) in [6, 6.07) is 179. The van der Waals surface area contributed by atoms with Gasteiger partial charge in [0.05, 0.1) is 0 Å². The quantitative estimate of drug-likeness (QED) is 0.100. The van der Waals surface area contributed by atoms with Crippen molar-refractivity contribution in [1.29, 1.82) is 0 Å². The van der Waals surface area contributed by atoms with Gasteiger partial charge in [-0.25, -0.2) is 0 Å². The number of aryl methyl sites for hydroxylation is 2. The van der Waals surface area contributed by atoms with E-state index in [0.29, 0.717) is 0 Å². The predicted octanol–water partition coefficient (Wildman–Crippen LogP) is 35.8. The van der Waals surface area contributed by atoms with Crippen molar-refractivity contribution >= 4 is 142 Å². The van der Waals surface area contributed by atoms with E-state index in [2.05, 4.69) is 509 Å². The van der Waals surface area contributed by atoms with Crippen molar-refractivity contribution in [3.63, 3.8) is 0 Å². The first-order chi connectivity index (χ1) is 63.3. The molecule has 0 saturated heterocycles. The third-order valence-electron chi connectivity index (χ3n) is 26.1. The molecule has 2 nitrogen and oxygen atoms in total. The van der Waals surface area contributed by atoms with Crippen LogP contribution in [0.2, 0.25) is 0 Å². The maximum absolute atomic E-state index is 2.46. The van der Waals surface area contributed by atoms with Gasteiger partial charge in [0, 0.05) is 34.1 Å². The first-order valence-corrected chi connectivity index (χ1v) is 44.3. The molecule has 24 rings (SSSR count). The number of hydrogen-bond acceptors (Lipinski definition) is 2. The molecular formula is C126H86N2. The summed E-state index contributed by atoms with van der Waals surface area (Å²) >= 11 is 0. The maximum Gasteiger partial charge on any atom is 0.0468 e. The lowest BCUT2D eigenvalue weighted by Gasteiger charge is -2.27. The molecule has 0 bridgehead atoms. The summed E-state index contributed by atoms with van der Waals surface area (Å²) in [7, 11) is 0. The molecule has 0 radical (unpaired) electrons. The van der Waals surface area contributed by atoms with Crippen molar-refractivity contribution < 1.29 is 0 Å². The average molecular weight is 1630 g/mol. The van der Waals surface area contributed by atoms with Crippen LogP contribution in [0, 0.1) is 13.8 Å². The van der Waals surface area contributed by atoms with Gasteiger partial charge in [-0.05, 0) is 296 Å². The van der Waals surface area contributed by atoms with Gasteiger partial charge in [-0.15, -0.1) is 0 Å². The van der Waals surface area contributed by atoms with E-state index in [4.69, 9.17) is 0 Å². The normalized spacial score (nSPS) is 11.5. The SMILES string of the molecule is Cc1ccc(N(c2ccc(C)cc2)c2ccc3c(c2)c2ccccc2c2c(-c4ccccc4)cc(-c4ccc(-c5cccc6ccccc56)cc4)c(-c4ccccc4)c32)cc1.c1ccc(-c2cc(-c3ccc(-c4cccc5ccccc45)cc3)c(-c3ccccc3)c3c4ccc(N(c5ccc6ccccc6c5)c5ccc6ccccc6c5)cc4c4ccccc4c23)cc1. The molecule has 0 atom stereocenters. The molecule has 2 heteroatoms. The van der Waals surface area contributed by atoms with Crippen LogP contribution in [0.5, 0.6) is 0 Å². The zero-order chi connectivity index (χ0) is 85.1. The van der Waals surface area contributed by atoms with E-state index in [1.54, 1.807) is 0 Å². The number of benzene rings is 24. The van der Waals surface area contributed by atoms with Crippen LogP contribution in [0.25, 0.3) is 197 Å². The fourth-order valence-electron chi connectivity index (χ4n) is 20.0. The first kappa shape index (κ1) is 76.4. The second-order valence-electron chi connectivity index (χ2n) is 33.8. The second-order valence-corrected chi connectivity index (χ2v) is 33.8. The van der Waals surface area contributed by atoms with Crippen molar-refractivity contribution in [1.82, 2.24) is 0 Å². The number of nitrogens with zero attached hydrogens (tertiary/aromatic N) is 2. The Morgan fingerprint density at radius 1 is 0.133 bits per heavy atom. The van der Waals surface area contributed by atoms with E-state index in [-0.39, 0.29) is 0 Å². The van der Waals surface area contributed by atoms with Crippen molar-refractivity contribution in [2.45, 2.75) is 13.8 Å². The van der Waals surface area contributed by atoms with E-state index in [1.807, 2.05) is 0 Å². The van der Waals surface area contributed by atoms with Gasteiger partial charge in [-0.1, -0.05) is 412 Å². The smallest absolute Gasteiger partial charge is 0.0468 e. The molecule has 0 heterocycles. The minimum Gasteiger partial charge on any atom is -0.310 e. The second kappa shape index (κ2) is 32.6. The lowest BCUT2D eigenvalue weighted by atomic mass is 9.81.